The first-order valence-corrected chi connectivity index (χ1v) is 10.5. The van der Waals surface area contributed by atoms with Gasteiger partial charge < -0.3 is 10.6 Å². The van der Waals surface area contributed by atoms with Crippen LogP contribution in [0.3, 0.4) is 0 Å². The van der Waals surface area contributed by atoms with E-state index in [1.54, 1.807) is 43.3 Å². The Hall–Kier alpha value is -3.45. The van der Waals surface area contributed by atoms with Gasteiger partial charge in [0.05, 0.1) is 5.25 Å². The molecule has 3 aromatic carbocycles. The molecule has 0 heterocycles. The lowest BCUT2D eigenvalue weighted by atomic mass is 10.1. The maximum absolute atomic E-state index is 13.0. The SMILES string of the molecule is CC(=O)c1ccc(NC(=O)C(C)Sc2ccc(NC(=O)c3ccc(F)cc3)cc2)cc1. The molecular weight excluding hydrogens is 415 g/mol. The maximum Gasteiger partial charge on any atom is 0.255 e. The van der Waals surface area contributed by atoms with E-state index in [0.29, 0.717) is 22.5 Å². The van der Waals surface area contributed by atoms with Crippen LogP contribution in [0.5, 0.6) is 0 Å². The monoisotopic (exact) mass is 436 g/mol. The highest BCUT2D eigenvalue weighted by molar-refractivity contribution is 8.00. The van der Waals surface area contributed by atoms with Crippen LogP contribution < -0.4 is 10.6 Å². The zero-order valence-corrected chi connectivity index (χ0v) is 17.8. The van der Waals surface area contributed by atoms with Gasteiger partial charge in [-0.2, -0.15) is 0 Å². The Morgan fingerprint density at radius 2 is 1.29 bits per heavy atom. The molecule has 5 nitrogen and oxygen atoms in total. The van der Waals surface area contributed by atoms with Gasteiger partial charge in [-0.05, 0) is 86.6 Å². The first kappa shape index (κ1) is 22.2. The van der Waals surface area contributed by atoms with Crippen molar-refractivity contribution in [2.45, 2.75) is 24.0 Å². The van der Waals surface area contributed by atoms with E-state index in [-0.39, 0.29) is 22.8 Å². The van der Waals surface area contributed by atoms with Crippen molar-refractivity contribution in [1.82, 2.24) is 0 Å². The Bertz CT molecular complexity index is 1080. The van der Waals surface area contributed by atoms with E-state index in [1.165, 1.54) is 43.0 Å². The molecule has 0 aliphatic heterocycles. The van der Waals surface area contributed by atoms with E-state index < -0.39 is 5.82 Å². The number of nitrogens with one attached hydrogen (secondary N) is 2. The molecule has 0 spiro atoms. The molecule has 158 valence electrons. The van der Waals surface area contributed by atoms with Gasteiger partial charge in [0.2, 0.25) is 5.91 Å². The van der Waals surface area contributed by atoms with E-state index in [0.717, 1.165) is 4.90 Å². The third-order valence-corrected chi connectivity index (χ3v) is 5.57. The minimum Gasteiger partial charge on any atom is -0.325 e. The fourth-order valence-corrected chi connectivity index (χ4v) is 3.58. The molecule has 3 rings (SSSR count). The predicted octanol–water partition coefficient (Wildman–Crippen LogP) is 5.40. The van der Waals surface area contributed by atoms with Gasteiger partial charge in [0.1, 0.15) is 5.82 Å². The molecule has 2 amide bonds. The molecule has 0 bridgehead atoms. The van der Waals surface area contributed by atoms with E-state index >= 15 is 0 Å². The Kier molecular flexibility index (Phi) is 7.20. The molecule has 0 aliphatic rings. The smallest absolute Gasteiger partial charge is 0.255 e. The summed E-state index contributed by atoms with van der Waals surface area (Å²) in [6, 6.07) is 19.2. The number of ketones is 1. The second-order valence-electron chi connectivity index (χ2n) is 6.87. The topological polar surface area (TPSA) is 75.3 Å². The van der Waals surface area contributed by atoms with Crippen molar-refractivity contribution >= 4 is 40.7 Å². The number of Topliss-reactive ketones (excluding diaryl/α,β-unsaturated/α-hetero) is 1. The number of carbonyl (C=O) groups is 3. The summed E-state index contributed by atoms with van der Waals surface area (Å²) >= 11 is 1.38. The number of carbonyl (C=O) groups excluding carboxylic acids is 3. The zero-order chi connectivity index (χ0) is 22.4. The summed E-state index contributed by atoms with van der Waals surface area (Å²) in [4.78, 5) is 36.8. The number of halogens is 1. The fourth-order valence-electron chi connectivity index (χ4n) is 2.71. The van der Waals surface area contributed by atoms with Gasteiger partial charge in [0.25, 0.3) is 5.91 Å². The standard InChI is InChI=1S/C24H21FN2O3S/c1-15(28)17-5-9-20(10-6-17)26-23(29)16(2)31-22-13-11-21(12-14-22)27-24(30)18-3-7-19(25)8-4-18/h3-14,16H,1-2H3,(H,26,29)(H,27,30). The number of hydrogen-bond acceptors (Lipinski definition) is 4. The molecule has 0 saturated carbocycles. The second kappa shape index (κ2) is 10.0. The van der Waals surface area contributed by atoms with Crippen LogP contribution in [0.1, 0.15) is 34.6 Å². The Morgan fingerprint density at radius 3 is 1.87 bits per heavy atom. The van der Waals surface area contributed by atoms with Gasteiger partial charge in [-0.15, -0.1) is 11.8 Å². The molecule has 1 atom stereocenters. The van der Waals surface area contributed by atoms with Crippen LogP contribution in [0.15, 0.2) is 77.7 Å². The summed E-state index contributed by atoms with van der Waals surface area (Å²) in [5.41, 5.74) is 2.18. The Morgan fingerprint density at radius 1 is 0.774 bits per heavy atom. The molecule has 0 aromatic heterocycles. The second-order valence-corrected chi connectivity index (χ2v) is 8.28. The first-order valence-electron chi connectivity index (χ1n) is 9.57. The molecule has 0 fully saturated rings. The summed E-state index contributed by atoms with van der Waals surface area (Å²) < 4.78 is 13.0. The van der Waals surface area contributed by atoms with Crippen LogP contribution in [-0.2, 0) is 4.79 Å². The van der Waals surface area contributed by atoms with Gasteiger partial charge in [0.15, 0.2) is 5.78 Å². The van der Waals surface area contributed by atoms with Crippen molar-refractivity contribution in [3.05, 3.63) is 89.7 Å². The van der Waals surface area contributed by atoms with Gasteiger partial charge in [-0.1, -0.05) is 0 Å². The fraction of sp³-hybridized carbons (Fsp3) is 0.125. The molecule has 3 aromatic rings. The molecule has 0 saturated heterocycles. The lowest BCUT2D eigenvalue weighted by molar-refractivity contribution is -0.115. The van der Waals surface area contributed by atoms with Crippen molar-refractivity contribution in [2.24, 2.45) is 0 Å². The molecule has 31 heavy (non-hydrogen) atoms. The minimum atomic E-state index is -0.399. The number of anilines is 2. The first-order chi connectivity index (χ1) is 14.8. The third kappa shape index (κ3) is 6.26. The summed E-state index contributed by atoms with van der Waals surface area (Å²) in [6.07, 6.45) is 0. The summed E-state index contributed by atoms with van der Waals surface area (Å²) in [5.74, 6) is -0.915. The van der Waals surface area contributed by atoms with Crippen LogP contribution in [0.2, 0.25) is 0 Å². The van der Waals surface area contributed by atoms with E-state index in [9.17, 15) is 18.8 Å². The number of thioether (sulfide) groups is 1. The maximum atomic E-state index is 13.0. The number of rotatable bonds is 7. The summed E-state index contributed by atoms with van der Waals surface area (Å²) in [5, 5.41) is 5.23. The van der Waals surface area contributed by atoms with Gasteiger partial charge in [-0.25, -0.2) is 4.39 Å². The predicted molar refractivity (Wildman–Crippen MR) is 121 cm³/mol. The van der Waals surface area contributed by atoms with Crippen molar-refractivity contribution in [3.8, 4) is 0 Å². The van der Waals surface area contributed by atoms with E-state index in [2.05, 4.69) is 10.6 Å². The van der Waals surface area contributed by atoms with Crippen molar-refractivity contribution in [3.63, 3.8) is 0 Å². The van der Waals surface area contributed by atoms with Crippen LogP contribution in [0.25, 0.3) is 0 Å². The van der Waals surface area contributed by atoms with Crippen molar-refractivity contribution in [2.75, 3.05) is 10.6 Å². The minimum absolute atomic E-state index is 0.0286. The number of benzene rings is 3. The van der Waals surface area contributed by atoms with Crippen molar-refractivity contribution < 1.29 is 18.8 Å². The lowest BCUT2D eigenvalue weighted by Gasteiger charge is -2.13. The molecular formula is C24H21FN2O3S. The van der Waals surface area contributed by atoms with Gasteiger partial charge in [0, 0.05) is 27.4 Å². The van der Waals surface area contributed by atoms with Gasteiger partial charge in [-0.3, -0.25) is 14.4 Å². The molecule has 7 heteroatoms. The van der Waals surface area contributed by atoms with Crippen LogP contribution in [-0.4, -0.2) is 22.8 Å². The summed E-state index contributed by atoms with van der Waals surface area (Å²) in [7, 11) is 0. The highest BCUT2D eigenvalue weighted by Crippen LogP contribution is 2.26. The molecule has 0 radical (unpaired) electrons. The Balaban J connectivity index is 1.54. The highest BCUT2D eigenvalue weighted by atomic mass is 32.2. The molecule has 2 N–H and O–H groups in total. The number of hydrogen-bond donors (Lipinski definition) is 2. The van der Waals surface area contributed by atoms with Crippen LogP contribution >= 0.6 is 11.8 Å². The Labute approximate surface area is 184 Å². The summed E-state index contributed by atoms with van der Waals surface area (Å²) in [6.45, 7) is 3.29. The van der Waals surface area contributed by atoms with Crippen molar-refractivity contribution in [1.29, 1.82) is 0 Å². The average Bonchev–Trinajstić information content (AvgIpc) is 2.76. The third-order valence-electron chi connectivity index (χ3n) is 4.46. The van der Waals surface area contributed by atoms with E-state index in [4.69, 9.17) is 0 Å². The normalized spacial score (nSPS) is 11.5. The number of amides is 2. The quantitative estimate of drug-likeness (QED) is 0.384. The lowest BCUT2D eigenvalue weighted by Crippen LogP contribution is -2.22. The zero-order valence-electron chi connectivity index (χ0n) is 17.0. The van der Waals surface area contributed by atoms with E-state index in [1.807, 2.05) is 12.1 Å². The largest absolute Gasteiger partial charge is 0.325 e. The highest BCUT2D eigenvalue weighted by Gasteiger charge is 2.15. The van der Waals surface area contributed by atoms with Crippen LogP contribution in [0, 0.1) is 5.82 Å². The molecule has 1 unspecified atom stereocenters. The molecule has 0 aliphatic carbocycles. The van der Waals surface area contributed by atoms with Gasteiger partial charge >= 0.3 is 0 Å². The average molecular weight is 437 g/mol. The van der Waals surface area contributed by atoms with Crippen LogP contribution in [0.4, 0.5) is 15.8 Å².